The first-order chi connectivity index (χ1) is 14.1. The number of likely N-dealkylation sites (tertiary alicyclic amines) is 2. The van der Waals surface area contributed by atoms with E-state index in [1.807, 2.05) is 19.5 Å². The van der Waals surface area contributed by atoms with Crippen LogP contribution in [0.25, 0.3) is 10.9 Å². The number of rotatable bonds is 5. The number of benzene rings is 1. The van der Waals surface area contributed by atoms with Crippen molar-refractivity contribution in [3.8, 4) is 0 Å². The topological polar surface area (TPSA) is 31.7 Å². The minimum absolute atomic E-state index is 0.600. The molecule has 3 aliphatic rings. The summed E-state index contributed by atoms with van der Waals surface area (Å²) in [6.45, 7) is 8.83. The Kier molecular flexibility index (Phi) is 5.17. The number of fused-ring (bicyclic) bond motifs is 2. The molecule has 3 fully saturated rings. The third kappa shape index (κ3) is 3.73. The second kappa shape index (κ2) is 7.81. The van der Waals surface area contributed by atoms with Gasteiger partial charge in [-0.3, -0.25) is 9.98 Å². The molecule has 29 heavy (non-hydrogen) atoms. The van der Waals surface area contributed by atoms with E-state index in [4.69, 9.17) is 4.98 Å². The number of hydrogen-bond donors (Lipinski definition) is 0. The van der Waals surface area contributed by atoms with Crippen molar-refractivity contribution in [2.75, 3.05) is 46.8 Å². The highest BCUT2D eigenvalue weighted by Gasteiger charge is 2.53. The molecular weight excluding hydrogens is 356 g/mol. The SMILES string of the molecule is C/N=C\c1ccc([C@H]2C[C@@H](C)CN(CC[C@@H]3[C@H]4CN(C)C[C@@H]34)C2)c2cccnc12. The van der Waals surface area contributed by atoms with Crippen LogP contribution in [0.5, 0.6) is 0 Å². The molecule has 4 nitrogen and oxygen atoms in total. The highest BCUT2D eigenvalue weighted by atomic mass is 15.2. The first-order valence-electron chi connectivity index (χ1n) is 11.3. The standard InChI is InChI=1S/C25H34N4/c1-17-11-19(14-29(13-17)10-8-21-23-15-28(3)16-24(21)23)20-7-6-18(12-26-2)25-22(20)5-4-9-27-25/h4-7,9,12,17,19,21,23-24H,8,10-11,13-16H2,1-3H3/b26-12-/t17-,19+,21-,23-,24+/m1/s1. The van der Waals surface area contributed by atoms with Crippen molar-refractivity contribution < 1.29 is 0 Å². The fraction of sp³-hybridized carbons (Fsp3) is 0.600. The van der Waals surface area contributed by atoms with Gasteiger partial charge in [0.25, 0.3) is 0 Å². The first kappa shape index (κ1) is 19.2. The molecule has 0 unspecified atom stereocenters. The van der Waals surface area contributed by atoms with Gasteiger partial charge in [0.2, 0.25) is 0 Å². The minimum Gasteiger partial charge on any atom is -0.306 e. The van der Waals surface area contributed by atoms with E-state index in [0.717, 1.165) is 34.8 Å². The summed E-state index contributed by atoms with van der Waals surface area (Å²) in [7, 11) is 4.10. The van der Waals surface area contributed by atoms with Gasteiger partial charge in [-0.25, -0.2) is 0 Å². The molecule has 2 aromatic rings. The Morgan fingerprint density at radius 1 is 1.14 bits per heavy atom. The van der Waals surface area contributed by atoms with Crippen molar-refractivity contribution in [1.82, 2.24) is 14.8 Å². The van der Waals surface area contributed by atoms with Crippen molar-refractivity contribution >= 4 is 17.1 Å². The lowest BCUT2D eigenvalue weighted by Crippen LogP contribution is -2.39. The molecule has 5 rings (SSSR count). The zero-order chi connectivity index (χ0) is 20.0. The smallest absolute Gasteiger partial charge is 0.0792 e. The number of aliphatic imine (C=N–C) groups is 1. The summed E-state index contributed by atoms with van der Waals surface area (Å²) in [5, 5.41) is 1.31. The minimum atomic E-state index is 0.600. The molecule has 1 saturated carbocycles. The monoisotopic (exact) mass is 390 g/mol. The quantitative estimate of drug-likeness (QED) is 0.726. The van der Waals surface area contributed by atoms with E-state index in [1.165, 1.54) is 56.5 Å². The van der Waals surface area contributed by atoms with Gasteiger partial charge in [0.1, 0.15) is 0 Å². The molecule has 154 valence electrons. The third-order valence-corrected chi connectivity index (χ3v) is 7.61. The van der Waals surface area contributed by atoms with Crippen molar-refractivity contribution in [2.45, 2.75) is 25.7 Å². The summed E-state index contributed by atoms with van der Waals surface area (Å²) in [5.41, 5.74) is 3.69. The molecule has 2 saturated heterocycles. The van der Waals surface area contributed by atoms with Crippen LogP contribution in [-0.4, -0.2) is 67.8 Å². The number of aromatic nitrogens is 1. The van der Waals surface area contributed by atoms with Crippen LogP contribution in [0.15, 0.2) is 35.5 Å². The molecular formula is C25H34N4. The number of nitrogens with zero attached hydrogens (tertiary/aromatic N) is 4. The van der Waals surface area contributed by atoms with E-state index in [9.17, 15) is 0 Å². The van der Waals surface area contributed by atoms with Gasteiger partial charge in [-0.05, 0) is 67.7 Å². The lowest BCUT2D eigenvalue weighted by molar-refractivity contribution is 0.157. The largest absolute Gasteiger partial charge is 0.306 e. The highest BCUT2D eigenvalue weighted by molar-refractivity contribution is 5.98. The maximum atomic E-state index is 4.69. The summed E-state index contributed by atoms with van der Waals surface area (Å²) in [4.78, 5) is 14.2. The molecule has 1 aliphatic carbocycles. The number of hydrogen-bond acceptors (Lipinski definition) is 4. The van der Waals surface area contributed by atoms with Crippen LogP contribution in [0.2, 0.25) is 0 Å². The fourth-order valence-corrected chi connectivity index (χ4v) is 6.31. The van der Waals surface area contributed by atoms with Crippen LogP contribution in [0, 0.1) is 23.7 Å². The van der Waals surface area contributed by atoms with Gasteiger partial charge in [0.15, 0.2) is 0 Å². The van der Waals surface area contributed by atoms with Crippen molar-refractivity contribution in [3.63, 3.8) is 0 Å². The van der Waals surface area contributed by atoms with E-state index in [0.29, 0.717) is 5.92 Å². The van der Waals surface area contributed by atoms with Crippen LogP contribution in [0.1, 0.15) is 36.8 Å². The van der Waals surface area contributed by atoms with Crippen LogP contribution in [0.3, 0.4) is 0 Å². The molecule has 1 aromatic carbocycles. The van der Waals surface area contributed by atoms with Gasteiger partial charge in [-0.2, -0.15) is 0 Å². The molecule has 0 amide bonds. The zero-order valence-corrected chi connectivity index (χ0v) is 18.1. The number of pyridine rings is 1. The lowest BCUT2D eigenvalue weighted by atomic mass is 9.83. The van der Waals surface area contributed by atoms with Gasteiger partial charge in [-0.1, -0.05) is 25.1 Å². The van der Waals surface area contributed by atoms with E-state index < -0.39 is 0 Å². The Morgan fingerprint density at radius 2 is 1.97 bits per heavy atom. The third-order valence-electron chi connectivity index (χ3n) is 7.61. The molecule has 5 atom stereocenters. The molecule has 4 heteroatoms. The van der Waals surface area contributed by atoms with E-state index in [-0.39, 0.29) is 0 Å². The highest BCUT2D eigenvalue weighted by Crippen LogP contribution is 2.53. The maximum absolute atomic E-state index is 4.69. The molecule has 0 bridgehead atoms. The molecule has 0 radical (unpaired) electrons. The normalized spacial score (nSPS) is 32.9. The van der Waals surface area contributed by atoms with Crippen molar-refractivity contribution in [1.29, 1.82) is 0 Å². The van der Waals surface area contributed by atoms with Gasteiger partial charge < -0.3 is 9.80 Å². The lowest BCUT2D eigenvalue weighted by Gasteiger charge is -2.37. The first-order valence-corrected chi connectivity index (χ1v) is 11.3. The van der Waals surface area contributed by atoms with Crippen molar-refractivity contribution in [3.05, 3.63) is 41.6 Å². The van der Waals surface area contributed by atoms with Gasteiger partial charge in [0, 0.05) is 56.6 Å². The number of piperidine rings is 2. The Bertz CT molecular complexity index is 895. The average Bonchev–Trinajstić information content (AvgIpc) is 3.18. The van der Waals surface area contributed by atoms with Crippen LogP contribution >= 0.6 is 0 Å². The fourth-order valence-electron chi connectivity index (χ4n) is 6.31. The van der Waals surface area contributed by atoms with Crippen molar-refractivity contribution in [2.24, 2.45) is 28.7 Å². The predicted molar refractivity (Wildman–Crippen MR) is 121 cm³/mol. The second-order valence-corrected chi connectivity index (χ2v) is 9.83. The maximum Gasteiger partial charge on any atom is 0.0792 e. The second-order valence-electron chi connectivity index (χ2n) is 9.83. The molecule has 1 aromatic heterocycles. The summed E-state index contributed by atoms with van der Waals surface area (Å²) in [6.07, 6.45) is 6.51. The summed E-state index contributed by atoms with van der Waals surface area (Å²) in [6, 6.07) is 8.87. The van der Waals surface area contributed by atoms with Crippen LogP contribution in [0.4, 0.5) is 0 Å². The van der Waals surface area contributed by atoms with Crippen LogP contribution < -0.4 is 0 Å². The van der Waals surface area contributed by atoms with Gasteiger partial charge in [0.05, 0.1) is 5.52 Å². The Balaban J connectivity index is 1.31. The zero-order valence-electron chi connectivity index (χ0n) is 18.1. The Hall–Kier alpha value is -1.78. The average molecular weight is 391 g/mol. The van der Waals surface area contributed by atoms with E-state index in [1.54, 1.807) is 0 Å². The summed E-state index contributed by atoms with van der Waals surface area (Å²) >= 11 is 0. The van der Waals surface area contributed by atoms with Crippen LogP contribution in [-0.2, 0) is 0 Å². The Morgan fingerprint density at radius 3 is 2.76 bits per heavy atom. The predicted octanol–water partition coefficient (Wildman–Crippen LogP) is 3.91. The van der Waals surface area contributed by atoms with E-state index in [2.05, 4.69) is 53.0 Å². The van der Waals surface area contributed by atoms with E-state index >= 15 is 0 Å². The molecule has 3 heterocycles. The van der Waals surface area contributed by atoms with Gasteiger partial charge in [-0.15, -0.1) is 0 Å². The molecule has 0 N–H and O–H groups in total. The summed E-state index contributed by atoms with van der Waals surface area (Å²) < 4.78 is 0. The Labute approximate surface area is 175 Å². The summed E-state index contributed by atoms with van der Waals surface area (Å²) in [5.74, 6) is 4.35. The molecule has 0 spiro atoms. The van der Waals surface area contributed by atoms with Gasteiger partial charge >= 0.3 is 0 Å². The molecule has 2 aliphatic heterocycles.